The molecule has 1 saturated heterocycles. The van der Waals surface area contributed by atoms with Crippen LogP contribution in [0.1, 0.15) is 32.3 Å². The van der Waals surface area contributed by atoms with Crippen LogP contribution in [-0.2, 0) is 20.9 Å². The van der Waals surface area contributed by atoms with Crippen LogP contribution in [0.25, 0.3) is 0 Å². The fourth-order valence-corrected chi connectivity index (χ4v) is 2.68. The zero-order chi connectivity index (χ0) is 17.5. The van der Waals surface area contributed by atoms with E-state index in [1.54, 1.807) is 4.90 Å². The Morgan fingerprint density at radius 2 is 1.92 bits per heavy atom. The molecule has 0 aromatic heterocycles. The van der Waals surface area contributed by atoms with Gasteiger partial charge >= 0.3 is 0 Å². The Hall–Kier alpha value is -2.14. The van der Waals surface area contributed by atoms with Gasteiger partial charge < -0.3 is 15.0 Å². The van der Waals surface area contributed by atoms with Crippen molar-refractivity contribution in [3.63, 3.8) is 0 Å². The van der Waals surface area contributed by atoms with E-state index in [2.05, 4.69) is 11.9 Å². The zero-order valence-corrected chi connectivity index (χ0v) is 14.5. The molecule has 130 valence electrons. The van der Waals surface area contributed by atoms with E-state index < -0.39 is 0 Å². The number of benzene rings is 1. The minimum absolute atomic E-state index is 0.0203. The average Bonchev–Trinajstić information content (AvgIpc) is 2.60. The molecule has 1 heterocycles. The number of nitrogens with zero attached hydrogens (tertiary/aromatic N) is 1. The van der Waals surface area contributed by atoms with Gasteiger partial charge in [-0.3, -0.25) is 9.59 Å². The van der Waals surface area contributed by atoms with Crippen molar-refractivity contribution in [3.8, 4) is 0 Å². The number of carbonyl (C=O) groups is 2. The van der Waals surface area contributed by atoms with Gasteiger partial charge in [-0.2, -0.15) is 0 Å². The van der Waals surface area contributed by atoms with E-state index in [1.165, 1.54) is 6.08 Å². The number of amides is 2. The molecule has 1 fully saturated rings. The van der Waals surface area contributed by atoms with Crippen LogP contribution in [0.5, 0.6) is 0 Å². The Bertz CT molecular complexity index is 573. The molecule has 0 aliphatic carbocycles. The van der Waals surface area contributed by atoms with E-state index in [1.807, 2.05) is 38.1 Å². The molecule has 2 rings (SSSR count). The highest BCUT2D eigenvalue weighted by Crippen LogP contribution is 2.20. The van der Waals surface area contributed by atoms with Crippen molar-refractivity contribution in [2.75, 3.05) is 18.4 Å². The first-order valence-corrected chi connectivity index (χ1v) is 8.42. The number of ether oxygens (including phenoxy) is 1. The summed E-state index contributed by atoms with van der Waals surface area (Å²) >= 11 is 0. The summed E-state index contributed by atoms with van der Waals surface area (Å²) in [6.45, 7) is 9.28. The maximum atomic E-state index is 12.4. The van der Waals surface area contributed by atoms with Crippen LogP contribution in [0, 0.1) is 5.92 Å². The van der Waals surface area contributed by atoms with E-state index >= 15 is 0 Å². The molecule has 1 aromatic carbocycles. The minimum atomic E-state index is -0.0620. The zero-order valence-electron chi connectivity index (χ0n) is 14.5. The van der Waals surface area contributed by atoms with Gasteiger partial charge in [-0.15, -0.1) is 0 Å². The molecular formula is C19H26N2O3. The van der Waals surface area contributed by atoms with E-state index in [0.29, 0.717) is 32.5 Å². The van der Waals surface area contributed by atoms with Crippen molar-refractivity contribution in [1.29, 1.82) is 0 Å². The summed E-state index contributed by atoms with van der Waals surface area (Å²) in [6.07, 6.45) is 2.89. The maximum Gasteiger partial charge on any atom is 0.245 e. The molecule has 2 amide bonds. The molecule has 0 spiro atoms. The number of carbonyl (C=O) groups excluding carboxylic acids is 2. The van der Waals surface area contributed by atoms with Crippen molar-refractivity contribution in [2.24, 2.45) is 5.92 Å². The quantitative estimate of drug-likeness (QED) is 0.816. The molecule has 1 aliphatic heterocycles. The summed E-state index contributed by atoms with van der Waals surface area (Å²) in [5.74, 6) is -0.0947. The summed E-state index contributed by atoms with van der Waals surface area (Å²) in [7, 11) is 0. The van der Waals surface area contributed by atoms with Gasteiger partial charge in [0, 0.05) is 24.7 Å². The van der Waals surface area contributed by atoms with Gasteiger partial charge in [-0.1, -0.05) is 18.7 Å². The molecule has 5 nitrogen and oxygen atoms in total. The van der Waals surface area contributed by atoms with Crippen molar-refractivity contribution < 1.29 is 14.3 Å². The van der Waals surface area contributed by atoms with Gasteiger partial charge in [0.15, 0.2) is 0 Å². The number of anilines is 1. The van der Waals surface area contributed by atoms with Crippen LogP contribution in [-0.4, -0.2) is 35.9 Å². The molecule has 24 heavy (non-hydrogen) atoms. The monoisotopic (exact) mass is 330 g/mol. The smallest absolute Gasteiger partial charge is 0.245 e. The van der Waals surface area contributed by atoms with E-state index in [9.17, 15) is 9.59 Å². The lowest BCUT2D eigenvalue weighted by Gasteiger charge is -2.30. The molecule has 0 atom stereocenters. The first kappa shape index (κ1) is 18.2. The van der Waals surface area contributed by atoms with Crippen molar-refractivity contribution in [3.05, 3.63) is 42.5 Å². The van der Waals surface area contributed by atoms with Gasteiger partial charge in [0.25, 0.3) is 0 Å². The van der Waals surface area contributed by atoms with Gasteiger partial charge in [0.2, 0.25) is 11.8 Å². The third-order valence-corrected chi connectivity index (χ3v) is 4.16. The largest absolute Gasteiger partial charge is 0.374 e. The van der Waals surface area contributed by atoms with Gasteiger partial charge in [0.05, 0.1) is 12.7 Å². The fourth-order valence-electron chi connectivity index (χ4n) is 2.68. The number of piperidine rings is 1. The highest BCUT2D eigenvalue weighted by Gasteiger charge is 2.26. The Kier molecular flexibility index (Phi) is 6.55. The number of rotatable bonds is 6. The standard InChI is InChI=1S/C19H26N2O3/c1-4-18(22)21-11-9-16(10-12-21)19(23)20-17-7-5-15(6-8-17)13-24-14(2)3/h4-8,14,16H,1,9-13H2,2-3H3,(H,20,23). The van der Waals surface area contributed by atoms with Gasteiger partial charge in [-0.25, -0.2) is 0 Å². The highest BCUT2D eigenvalue weighted by molar-refractivity contribution is 5.93. The van der Waals surface area contributed by atoms with Gasteiger partial charge in [0.1, 0.15) is 0 Å². The second-order valence-electron chi connectivity index (χ2n) is 6.35. The molecule has 5 heteroatoms. The lowest BCUT2D eigenvalue weighted by Crippen LogP contribution is -2.40. The molecule has 1 aliphatic rings. The molecule has 0 saturated carbocycles. The Morgan fingerprint density at radius 1 is 1.29 bits per heavy atom. The molecule has 0 unspecified atom stereocenters. The molecular weight excluding hydrogens is 304 g/mol. The summed E-state index contributed by atoms with van der Waals surface area (Å²) in [4.78, 5) is 25.6. The summed E-state index contributed by atoms with van der Waals surface area (Å²) in [5.41, 5.74) is 1.87. The van der Waals surface area contributed by atoms with Crippen LogP contribution in [0.4, 0.5) is 5.69 Å². The topological polar surface area (TPSA) is 58.6 Å². The summed E-state index contributed by atoms with van der Waals surface area (Å²) in [6, 6.07) is 7.72. The number of hydrogen-bond donors (Lipinski definition) is 1. The maximum absolute atomic E-state index is 12.4. The van der Waals surface area contributed by atoms with E-state index in [0.717, 1.165) is 11.3 Å². The van der Waals surface area contributed by atoms with E-state index in [4.69, 9.17) is 4.74 Å². The van der Waals surface area contributed by atoms with Crippen LogP contribution < -0.4 is 5.32 Å². The van der Waals surface area contributed by atoms with Crippen molar-refractivity contribution in [2.45, 2.75) is 39.4 Å². The first-order chi connectivity index (χ1) is 11.5. The molecule has 0 radical (unpaired) electrons. The molecule has 1 aromatic rings. The van der Waals surface area contributed by atoms with Gasteiger partial charge in [-0.05, 0) is 50.5 Å². The lowest BCUT2D eigenvalue weighted by molar-refractivity contribution is -0.130. The van der Waals surface area contributed by atoms with Crippen LogP contribution in [0.3, 0.4) is 0 Å². The van der Waals surface area contributed by atoms with E-state index in [-0.39, 0.29) is 23.8 Å². The SMILES string of the molecule is C=CC(=O)N1CCC(C(=O)Nc2ccc(COC(C)C)cc2)CC1. The number of likely N-dealkylation sites (tertiary alicyclic amines) is 1. The van der Waals surface area contributed by atoms with Crippen LogP contribution >= 0.6 is 0 Å². The Labute approximate surface area is 143 Å². The molecule has 1 N–H and O–H groups in total. The summed E-state index contributed by atoms with van der Waals surface area (Å²) in [5, 5.41) is 2.96. The molecule has 0 bridgehead atoms. The predicted molar refractivity (Wildman–Crippen MR) is 94.5 cm³/mol. The van der Waals surface area contributed by atoms with Crippen LogP contribution in [0.2, 0.25) is 0 Å². The normalized spacial score (nSPS) is 15.4. The third-order valence-electron chi connectivity index (χ3n) is 4.16. The average molecular weight is 330 g/mol. The van der Waals surface area contributed by atoms with Crippen LogP contribution in [0.15, 0.2) is 36.9 Å². The summed E-state index contributed by atoms with van der Waals surface area (Å²) < 4.78 is 5.56. The van der Waals surface area contributed by atoms with Crippen molar-refractivity contribution in [1.82, 2.24) is 4.90 Å². The predicted octanol–water partition coefficient (Wildman–Crippen LogP) is 2.97. The second-order valence-corrected chi connectivity index (χ2v) is 6.35. The first-order valence-electron chi connectivity index (χ1n) is 8.42. The lowest BCUT2D eigenvalue weighted by atomic mass is 9.95. The Morgan fingerprint density at radius 3 is 2.46 bits per heavy atom. The second kappa shape index (κ2) is 8.64. The highest BCUT2D eigenvalue weighted by atomic mass is 16.5. The fraction of sp³-hybridized carbons (Fsp3) is 0.474. The minimum Gasteiger partial charge on any atom is -0.374 e. The number of hydrogen-bond acceptors (Lipinski definition) is 3. The van der Waals surface area contributed by atoms with Crippen molar-refractivity contribution >= 4 is 17.5 Å². The Balaban J connectivity index is 1.82. The number of nitrogens with one attached hydrogen (secondary N) is 1. The third kappa shape index (κ3) is 5.20.